The summed E-state index contributed by atoms with van der Waals surface area (Å²) in [5.41, 5.74) is 0. The molecule has 1 fully saturated rings. The van der Waals surface area contributed by atoms with Gasteiger partial charge in [0.25, 0.3) is 0 Å². The molecule has 1 aliphatic rings. The third kappa shape index (κ3) is 3.94. The van der Waals surface area contributed by atoms with Crippen molar-refractivity contribution in [2.45, 2.75) is 25.9 Å². The molecule has 0 spiro atoms. The van der Waals surface area contributed by atoms with Gasteiger partial charge in [0.15, 0.2) is 9.84 Å². The van der Waals surface area contributed by atoms with Gasteiger partial charge < -0.3 is 5.11 Å². The monoisotopic (exact) mass is 221 g/mol. The van der Waals surface area contributed by atoms with Gasteiger partial charge in [0.05, 0.1) is 11.9 Å². The van der Waals surface area contributed by atoms with E-state index in [0.717, 1.165) is 19.4 Å². The van der Waals surface area contributed by atoms with Gasteiger partial charge in [-0.3, -0.25) is 4.90 Å². The highest BCUT2D eigenvalue weighted by Gasteiger charge is 2.18. The molecule has 1 unspecified atom stereocenters. The van der Waals surface area contributed by atoms with Gasteiger partial charge in [-0.15, -0.1) is 0 Å². The standard InChI is InChI=1S/C9H19NO3S/c1-2-14(12,13)7-6-10-5-3-4-9(11)8-10/h9,11H,2-8H2,1H3. The van der Waals surface area contributed by atoms with Crippen LogP contribution in [0.15, 0.2) is 0 Å². The van der Waals surface area contributed by atoms with Crippen LogP contribution in [-0.4, -0.2) is 55.7 Å². The Morgan fingerprint density at radius 3 is 2.79 bits per heavy atom. The van der Waals surface area contributed by atoms with Gasteiger partial charge in [-0.1, -0.05) is 6.92 Å². The number of hydrogen-bond acceptors (Lipinski definition) is 4. The Kier molecular flexibility index (Phi) is 4.34. The van der Waals surface area contributed by atoms with E-state index in [4.69, 9.17) is 0 Å². The molecular weight excluding hydrogens is 202 g/mol. The molecule has 84 valence electrons. The van der Waals surface area contributed by atoms with Crippen LogP contribution in [0.2, 0.25) is 0 Å². The predicted molar refractivity (Wildman–Crippen MR) is 56.0 cm³/mol. The number of hydrogen-bond donors (Lipinski definition) is 1. The zero-order valence-corrected chi connectivity index (χ0v) is 9.46. The lowest BCUT2D eigenvalue weighted by molar-refractivity contribution is 0.0741. The molecule has 14 heavy (non-hydrogen) atoms. The minimum Gasteiger partial charge on any atom is -0.392 e. The fraction of sp³-hybridized carbons (Fsp3) is 1.00. The van der Waals surface area contributed by atoms with Crippen LogP contribution >= 0.6 is 0 Å². The second-order valence-electron chi connectivity index (χ2n) is 3.83. The summed E-state index contributed by atoms with van der Waals surface area (Å²) in [5.74, 6) is 0.430. The minimum absolute atomic E-state index is 0.212. The topological polar surface area (TPSA) is 57.6 Å². The molecule has 1 aliphatic heterocycles. The fourth-order valence-electron chi connectivity index (χ4n) is 1.65. The molecule has 1 N–H and O–H groups in total. The van der Waals surface area contributed by atoms with Crippen molar-refractivity contribution >= 4 is 9.84 Å². The Morgan fingerprint density at radius 1 is 1.50 bits per heavy atom. The number of piperidine rings is 1. The van der Waals surface area contributed by atoms with Crippen molar-refractivity contribution in [2.24, 2.45) is 0 Å². The summed E-state index contributed by atoms with van der Waals surface area (Å²) >= 11 is 0. The Balaban J connectivity index is 2.31. The molecule has 0 aromatic rings. The Bertz CT molecular complexity index is 263. The molecule has 0 aromatic carbocycles. The number of β-amino-alcohol motifs (C(OH)–C–C–N with tert-alkyl or cyclic N) is 1. The Labute approximate surface area is 85.8 Å². The smallest absolute Gasteiger partial charge is 0.151 e. The average Bonchev–Trinajstić information content (AvgIpc) is 2.15. The van der Waals surface area contributed by atoms with Gasteiger partial charge in [0.2, 0.25) is 0 Å². The largest absolute Gasteiger partial charge is 0.392 e. The van der Waals surface area contributed by atoms with E-state index in [0.29, 0.717) is 13.1 Å². The first kappa shape index (κ1) is 11.9. The van der Waals surface area contributed by atoms with Gasteiger partial charge in [-0.25, -0.2) is 8.42 Å². The van der Waals surface area contributed by atoms with Gasteiger partial charge >= 0.3 is 0 Å². The van der Waals surface area contributed by atoms with Crippen molar-refractivity contribution in [3.8, 4) is 0 Å². The van der Waals surface area contributed by atoms with Crippen molar-refractivity contribution in [2.75, 3.05) is 31.1 Å². The second kappa shape index (κ2) is 5.09. The van der Waals surface area contributed by atoms with E-state index in [1.807, 2.05) is 4.90 Å². The molecule has 1 rings (SSSR count). The Morgan fingerprint density at radius 2 is 2.21 bits per heavy atom. The maximum atomic E-state index is 11.2. The van der Waals surface area contributed by atoms with Gasteiger partial charge in [0, 0.05) is 18.8 Å². The number of aliphatic hydroxyl groups is 1. The summed E-state index contributed by atoms with van der Waals surface area (Å²) < 4.78 is 22.5. The Hall–Kier alpha value is -0.130. The molecule has 0 saturated carbocycles. The molecule has 0 aliphatic carbocycles. The SMILES string of the molecule is CCS(=O)(=O)CCN1CCCC(O)C1. The van der Waals surface area contributed by atoms with Crippen LogP contribution in [0.1, 0.15) is 19.8 Å². The molecule has 5 heteroatoms. The molecule has 1 saturated heterocycles. The van der Waals surface area contributed by atoms with E-state index in [1.165, 1.54) is 0 Å². The highest BCUT2D eigenvalue weighted by molar-refractivity contribution is 7.91. The number of nitrogens with zero attached hydrogens (tertiary/aromatic N) is 1. The number of rotatable bonds is 4. The van der Waals surface area contributed by atoms with Crippen LogP contribution in [0.4, 0.5) is 0 Å². The molecule has 4 nitrogen and oxygen atoms in total. The summed E-state index contributed by atoms with van der Waals surface area (Å²) in [4.78, 5) is 2.03. The lowest BCUT2D eigenvalue weighted by atomic mass is 10.1. The van der Waals surface area contributed by atoms with E-state index in [-0.39, 0.29) is 17.6 Å². The first-order valence-electron chi connectivity index (χ1n) is 5.14. The average molecular weight is 221 g/mol. The lowest BCUT2D eigenvalue weighted by Gasteiger charge is -2.29. The van der Waals surface area contributed by atoms with Crippen molar-refractivity contribution in [1.82, 2.24) is 4.90 Å². The second-order valence-corrected chi connectivity index (χ2v) is 6.31. The fourth-order valence-corrected chi connectivity index (χ4v) is 2.47. The number of sulfone groups is 1. The van der Waals surface area contributed by atoms with E-state index >= 15 is 0 Å². The zero-order chi connectivity index (χ0) is 10.6. The van der Waals surface area contributed by atoms with Crippen molar-refractivity contribution in [3.05, 3.63) is 0 Å². The normalized spacial score (nSPS) is 25.1. The van der Waals surface area contributed by atoms with E-state index in [1.54, 1.807) is 6.92 Å². The molecule has 0 radical (unpaired) electrons. The van der Waals surface area contributed by atoms with Gasteiger partial charge in [0.1, 0.15) is 0 Å². The first-order chi connectivity index (χ1) is 6.53. The quantitative estimate of drug-likeness (QED) is 0.719. The van der Waals surface area contributed by atoms with E-state index < -0.39 is 9.84 Å². The van der Waals surface area contributed by atoms with Gasteiger partial charge in [-0.2, -0.15) is 0 Å². The highest BCUT2D eigenvalue weighted by atomic mass is 32.2. The predicted octanol–water partition coefficient (Wildman–Crippen LogP) is -0.122. The first-order valence-corrected chi connectivity index (χ1v) is 6.96. The molecule has 1 atom stereocenters. The third-order valence-electron chi connectivity index (χ3n) is 2.64. The van der Waals surface area contributed by atoms with Crippen molar-refractivity contribution in [1.29, 1.82) is 0 Å². The summed E-state index contributed by atoms with van der Waals surface area (Å²) in [6, 6.07) is 0. The number of aliphatic hydroxyl groups excluding tert-OH is 1. The summed E-state index contributed by atoms with van der Waals surface area (Å²) in [7, 11) is -2.86. The highest BCUT2D eigenvalue weighted by Crippen LogP contribution is 2.09. The van der Waals surface area contributed by atoms with Crippen molar-refractivity contribution in [3.63, 3.8) is 0 Å². The zero-order valence-electron chi connectivity index (χ0n) is 8.65. The maximum absolute atomic E-state index is 11.2. The van der Waals surface area contributed by atoms with E-state index in [2.05, 4.69) is 0 Å². The summed E-state index contributed by atoms with van der Waals surface area (Å²) in [6.45, 7) is 3.77. The van der Waals surface area contributed by atoms with Crippen LogP contribution in [-0.2, 0) is 9.84 Å². The minimum atomic E-state index is -2.86. The van der Waals surface area contributed by atoms with Crippen LogP contribution in [0.5, 0.6) is 0 Å². The maximum Gasteiger partial charge on any atom is 0.151 e. The molecular formula is C9H19NO3S. The summed E-state index contributed by atoms with van der Waals surface area (Å²) in [5, 5.41) is 9.38. The van der Waals surface area contributed by atoms with Crippen LogP contribution in [0.25, 0.3) is 0 Å². The van der Waals surface area contributed by atoms with Crippen molar-refractivity contribution < 1.29 is 13.5 Å². The van der Waals surface area contributed by atoms with Gasteiger partial charge in [-0.05, 0) is 19.4 Å². The van der Waals surface area contributed by atoms with E-state index in [9.17, 15) is 13.5 Å². The van der Waals surface area contributed by atoms with Crippen LogP contribution < -0.4 is 0 Å². The molecule has 1 heterocycles. The summed E-state index contributed by atoms with van der Waals surface area (Å²) in [6.07, 6.45) is 1.54. The molecule has 0 aromatic heterocycles. The van der Waals surface area contributed by atoms with Crippen LogP contribution in [0, 0.1) is 0 Å². The molecule has 0 amide bonds. The third-order valence-corrected chi connectivity index (χ3v) is 4.32. The van der Waals surface area contributed by atoms with Crippen LogP contribution in [0.3, 0.4) is 0 Å². The molecule has 0 bridgehead atoms. The lowest BCUT2D eigenvalue weighted by Crippen LogP contribution is -2.40. The number of likely N-dealkylation sites (tertiary alicyclic amines) is 1.